The van der Waals surface area contributed by atoms with Crippen LogP contribution in [0.4, 0.5) is 11.4 Å². The third-order valence-electron chi connectivity index (χ3n) is 6.11. The molecular formula is C24H30N4O4S. The summed E-state index contributed by atoms with van der Waals surface area (Å²) in [4.78, 5) is 20.9. The number of sulfonamides is 1. The number of oxime groups is 1. The number of hydrogen-bond donors (Lipinski definition) is 1. The predicted molar refractivity (Wildman–Crippen MR) is 129 cm³/mol. The Kier molecular flexibility index (Phi) is 6.99. The Morgan fingerprint density at radius 2 is 1.82 bits per heavy atom. The van der Waals surface area contributed by atoms with Crippen LogP contribution in [0.25, 0.3) is 0 Å². The van der Waals surface area contributed by atoms with Crippen molar-refractivity contribution in [1.29, 1.82) is 0 Å². The minimum absolute atomic E-state index is 0.163. The van der Waals surface area contributed by atoms with Crippen LogP contribution in [0.5, 0.6) is 0 Å². The van der Waals surface area contributed by atoms with Crippen LogP contribution in [-0.4, -0.2) is 50.5 Å². The zero-order valence-corrected chi connectivity index (χ0v) is 19.8. The van der Waals surface area contributed by atoms with Crippen molar-refractivity contribution in [3.8, 4) is 0 Å². The molecule has 1 N–H and O–H groups in total. The lowest BCUT2D eigenvalue weighted by Gasteiger charge is -2.24. The molecule has 2 aromatic carbocycles. The zero-order chi connectivity index (χ0) is 23.4. The number of anilines is 2. The fourth-order valence-electron chi connectivity index (χ4n) is 4.27. The van der Waals surface area contributed by atoms with Crippen molar-refractivity contribution in [3.05, 3.63) is 54.1 Å². The fraction of sp³-hybridized carbons (Fsp3) is 0.417. The maximum Gasteiger partial charge on any atom is 0.273 e. The van der Waals surface area contributed by atoms with E-state index in [1.54, 1.807) is 18.2 Å². The van der Waals surface area contributed by atoms with Crippen LogP contribution in [0.15, 0.2) is 58.6 Å². The second kappa shape index (κ2) is 9.93. The van der Waals surface area contributed by atoms with Crippen LogP contribution in [0.1, 0.15) is 44.8 Å². The molecule has 2 aliphatic heterocycles. The molecule has 0 radical (unpaired) electrons. The Labute approximate surface area is 195 Å². The van der Waals surface area contributed by atoms with Crippen molar-refractivity contribution < 1.29 is 18.0 Å². The smallest absolute Gasteiger partial charge is 0.273 e. The normalized spacial score (nSPS) is 18.3. The van der Waals surface area contributed by atoms with Crippen molar-refractivity contribution in [2.24, 2.45) is 5.16 Å². The molecule has 0 spiro atoms. The number of hydrogen-bond acceptors (Lipinski definition) is 6. The first-order chi connectivity index (χ1) is 15.9. The summed E-state index contributed by atoms with van der Waals surface area (Å²) in [5, 5.41) is 6.92. The summed E-state index contributed by atoms with van der Waals surface area (Å²) in [7, 11) is -3.66. The van der Waals surface area contributed by atoms with Crippen LogP contribution in [0.3, 0.4) is 0 Å². The van der Waals surface area contributed by atoms with Crippen molar-refractivity contribution in [1.82, 2.24) is 4.31 Å². The highest BCUT2D eigenvalue weighted by molar-refractivity contribution is 7.89. The Morgan fingerprint density at radius 1 is 1.12 bits per heavy atom. The summed E-state index contributed by atoms with van der Waals surface area (Å²) in [5.74, 6) is -0.383. The van der Waals surface area contributed by atoms with E-state index in [2.05, 4.69) is 15.4 Å². The van der Waals surface area contributed by atoms with E-state index in [9.17, 15) is 13.2 Å². The second-order valence-corrected chi connectivity index (χ2v) is 10.1. The maximum atomic E-state index is 13.1. The number of nitrogens with zero attached hydrogens (tertiary/aromatic N) is 3. The summed E-state index contributed by atoms with van der Waals surface area (Å²) in [6, 6.07) is 14.6. The van der Waals surface area contributed by atoms with Crippen LogP contribution < -0.4 is 10.2 Å². The number of carbonyl (C=O) groups is 1. The largest absolute Gasteiger partial charge is 0.387 e. The molecule has 0 saturated carbocycles. The van der Waals surface area contributed by atoms with Gasteiger partial charge in [0.15, 0.2) is 6.10 Å². The van der Waals surface area contributed by atoms with Gasteiger partial charge in [0.1, 0.15) is 5.71 Å². The first-order valence-electron chi connectivity index (χ1n) is 11.4. The summed E-state index contributed by atoms with van der Waals surface area (Å²) < 4.78 is 27.6. The van der Waals surface area contributed by atoms with Gasteiger partial charge in [-0.1, -0.05) is 49.3 Å². The minimum atomic E-state index is -3.66. The van der Waals surface area contributed by atoms with Crippen LogP contribution in [0, 0.1) is 0 Å². The third-order valence-corrected chi connectivity index (χ3v) is 8.15. The van der Waals surface area contributed by atoms with Gasteiger partial charge in [0.05, 0.1) is 16.3 Å². The average molecular weight is 471 g/mol. The lowest BCUT2D eigenvalue weighted by atomic mass is 10.0. The van der Waals surface area contributed by atoms with Crippen molar-refractivity contribution in [2.75, 3.05) is 36.4 Å². The van der Waals surface area contributed by atoms with Gasteiger partial charge in [-0.15, -0.1) is 0 Å². The van der Waals surface area contributed by atoms with Crippen molar-refractivity contribution >= 4 is 33.0 Å². The van der Waals surface area contributed by atoms with Crippen LogP contribution >= 0.6 is 0 Å². The highest BCUT2D eigenvalue weighted by Crippen LogP contribution is 2.33. The molecule has 2 aromatic rings. The van der Waals surface area contributed by atoms with Gasteiger partial charge in [0, 0.05) is 32.6 Å². The minimum Gasteiger partial charge on any atom is -0.387 e. The molecule has 4 rings (SSSR count). The van der Waals surface area contributed by atoms with E-state index in [-0.39, 0.29) is 22.6 Å². The van der Waals surface area contributed by atoms with E-state index in [1.165, 1.54) is 4.31 Å². The topological polar surface area (TPSA) is 91.3 Å². The highest BCUT2D eigenvalue weighted by atomic mass is 32.2. The van der Waals surface area contributed by atoms with Crippen molar-refractivity contribution in [2.45, 2.75) is 44.1 Å². The van der Waals surface area contributed by atoms with Gasteiger partial charge >= 0.3 is 0 Å². The van der Waals surface area contributed by atoms with Gasteiger partial charge in [-0.05, 0) is 36.6 Å². The number of amides is 1. The zero-order valence-electron chi connectivity index (χ0n) is 19.0. The molecule has 1 unspecified atom stereocenters. The Hall–Kier alpha value is -2.91. The molecule has 0 aliphatic carbocycles. The van der Waals surface area contributed by atoms with E-state index in [0.717, 1.165) is 37.2 Å². The molecule has 33 heavy (non-hydrogen) atoms. The summed E-state index contributed by atoms with van der Waals surface area (Å²) in [6.07, 6.45) is 2.17. The molecule has 2 aliphatic rings. The Bertz CT molecular complexity index is 1120. The summed E-state index contributed by atoms with van der Waals surface area (Å²) in [5.41, 5.74) is 2.53. The number of rotatable bonds is 8. The molecule has 1 fully saturated rings. The van der Waals surface area contributed by atoms with Crippen molar-refractivity contribution in [3.63, 3.8) is 0 Å². The lowest BCUT2D eigenvalue weighted by Crippen LogP contribution is -2.31. The molecule has 1 amide bonds. The standard InChI is InChI=1S/C24H30N4O4S/c1-3-28(4-2)33(30,31)19-12-13-22(27-14-8-9-15-27)20(16-19)25-24(29)21-17-23(32-26-21)18-10-6-5-7-11-18/h5-7,10-13,16,23H,3-4,8-9,14-15,17H2,1-2H3,(H,25,29). The molecule has 1 saturated heterocycles. The first kappa shape index (κ1) is 23.3. The Balaban J connectivity index is 1.59. The molecular weight excluding hydrogens is 440 g/mol. The van der Waals surface area contributed by atoms with Crippen LogP contribution in [0.2, 0.25) is 0 Å². The number of benzene rings is 2. The summed E-state index contributed by atoms with van der Waals surface area (Å²) >= 11 is 0. The third kappa shape index (κ3) is 4.89. The Morgan fingerprint density at radius 3 is 2.48 bits per heavy atom. The van der Waals surface area contributed by atoms with Gasteiger partial charge in [-0.2, -0.15) is 4.31 Å². The van der Waals surface area contributed by atoms with E-state index in [0.29, 0.717) is 25.2 Å². The molecule has 9 heteroatoms. The molecule has 0 aromatic heterocycles. The number of carbonyl (C=O) groups excluding carboxylic acids is 1. The van der Waals surface area contributed by atoms with Gasteiger partial charge in [0.25, 0.3) is 5.91 Å². The molecule has 8 nitrogen and oxygen atoms in total. The monoisotopic (exact) mass is 470 g/mol. The van der Waals surface area contributed by atoms with E-state index in [1.807, 2.05) is 44.2 Å². The van der Waals surface area contributed by atoms with E-state index < -0.39 is 10.0 Å². The quantitative estimate of drug-likeness (QED) is 0.634. The first-order valence-corrected chi connectivity index (χ1v) is 12.9. The molecule has 176 valence electrons. The fourth-order valence-corrected chi connectivity index (χ4v) is 5.76. The van der Waals surface area contributed by atoms with Gasteiger partial charge in [-0.3, -0.25) is 4.79 Å². The van der Waals surface area contributed by atoms with E-state index in [4.69, 9.17) is 4.84 Å². The molecule has 0 bridgehead atoms. The van der Waals surface area contributed by atoms with Crippen LogP contribution in [-0.2, 0) is 19.7 Å². The molecule has 1 atom stereocenters. The average Bonchev–Trinajstić information content (AvgIpc) is 3.53. The maximum absolute atomic E-state index is 13.1. The van der Waals surface area contributed by atoms with Gasteiger partial charge in [-0.25, -0.2) is 8.42 Å². The molecule has 2 heterocycles. The highest BCUT2D eigenvalue weighted by Gasteiger charge is 2.29. The predicted octanol–water partition coefficient (Wildman–Crippen LogP) is 3.77. The van der Waals surface area contributed by atoms with E-state index >= 15 is 0 Å². The summed E-state index contributed by atoms with van der Waals surface area (Å²) in [6.45, 7) is 6.11. The van der Waals surface area contributed by atoms with Gasteiger partial charge in [0.2, 0.25) is 10.0 Å². The lowest BCUT2D eigenvalue weighted by molar-refractivity contribution is -0.110. The second-order valence-electron chi connectivity index (χ2n) is 8.16. The number of nitrogens with one attached hydrogen (secondary N) is 1. The SMILES string of the molecule is CCN(CC)S(=O)(=O)c1ccc(N2CCCC2)c(NC(=O)C2=NOC(c3ccccc3)C2)c1. The van der Waals surface area contributed by atoms with Gasteiger partial charge < -0.3 is 15.1 Å².